The quantitative estimate of drug-likeness (QED) is 0.341. The lowest BCUT2D eigenvalue weighted by Crippen LogP contribution is -2.19. The second-order valence-corrected chi connectivity index (χ2v) is 9.35. The Hall–Kier alpha value is -3.75. The molecule has 0 bridgehead atoms. The molecule has 0 radical (unpaired) electrons. The number of benzene rings is 2. The molecule has 0 fully saturated rings. The van der Waals surface area contributed by atoms with Crippen LogP contribution in [0.4, 0.5) is 13.2 Å². The molecular formula is C27H26F3NO5. The molecule has 1 aliphatic carbocycles. The molecule has 0 aliphatic heterocycles. The van der Waals surface area contributed by atoms with Crippen LogP contribution in [0.3, 0.4) is 0 Å². The lowest BCUT2D eigenvalue weighted by atomic mass is 9.81. The minimum Gasteiger partial charge on any atom is -0.489 e. The highest BCUT2D eigenvalue weighted by molar-refractivity contribution is 5.76. The van der Waals surface area contributed by atoms with Crippen molar-refractivity contribution < 1.29 is 37.1 Å². The molecule has 1 N–H and O–H groups in total. The Bertz CT molecular complexity index is 1230. The first-order valence-electron chi connectivity index (χ1n) is 11.5. The van der Waals surface area contributed by atoms with E-state index in [1.54, 1.807) is 42.5 Å². The molecule has 2 aromatic carbocycles. The van der Waals surface area contributed by atoms with Crippen LogP contribution in [0.25, 0.3) is 5.57 Å². The van der Waals surface area contributed by atoms with Gasteiger partial charge >= 0.3 is 12.3 Å². The van der Waals surface area contributed by atoms with E-state index in [4.69, 9.17) is 9.26 Å². The van der Waals surface area contributed by atoms with Crippen molar-refractivity contribution in [3.63, 3.8) is 0 Å². The SMILES string of the molecule is CC1(C)CCC=C1c1cc(COc2ccc(C(CC(=O)O)c3ccon3)cc2)ccc1OC(F)(F)F. The largest absolute Gasteiger partial charge is 0.573 e. The number of aliphatic carboxylic acids is 1. The van der Waals surface area contributed by atoms with Gasteiger partial charge < -0.3 is 19.1 Å². The van der Waals surface area contributed by atoms with Gasteiger partial charge in [-0.25, -0.2) is 0 Å². The number of carboxylic acids is 1. The zero-order valence-electron chi connectivity index (χ0n) is 19.8. The highest BCUT2D eigenvalue weighted by Crippen LogP contribution is 2.47. The van der Waals surface area contributed by atoms with Crippen LogP contribution in [0, 0.1) is 5.41 Å². The minimum absolute atomic E-state index is 0.133. The summed E-state index contributed by atoms with van der Waals surface area (Å²) in [6, 6.07) is 13.1. The van der Waals surface area contributed by atoms with E-state index in [2.05, 4.69) is 9.89 Å². The third-order valence-corrected chi connectivity index (χ3v) is 6.29. The summed E-state index contributed by atoms with van der Waals surface area (Å²) in [5, 5.41) is 13.1. The third-order valence-electron chi connectivity index (χ3n) is 6.29. The molecule has 36 heavy (non-hydrogen) atoms. The summed E-state index contributed by atoms with van der Waals surface area (Å²) in [4.78, 5) is 11.3. The number of ether oxygens (including phenoxy) is 2. The number of nitrogens with zero attached hydrogens (tertiary/aromatic N) is 1. The molecule has 1 heterocycles. The van der Waals surface area contributed by atoms with Crippen molar-refractivity contribution in [2.24, 2.45) is 5.41 Å². The number of hydrogen-bond acceptors (Lipinski definition) is 5. The van der Waals surface area contributed by atoms with Gasteiger partial charge in [-0.15, -0.1) is 13.2 Å². The van der Waals surface area contributed by atoms with E-state index in [-0.39, 0.29) is 24.2 Å². The molecule has 3 aromatic rings. The van der Waals surface area contributed by atoms with Crippen molar-refractivity contribution in [1.29, 1.82) is 0 Å². The second-order valence-electron chi connectivity index (χ2n) is 9.35. The molecule has 0 amide bonds. The van der Waals surface area contributed by atoms with Crippen molar-refractivity contribution in [2.75, 3.05) is 0 Å². The van der Waals surface area contributed by atoms with Crippen LogP contribution in [0.5, 0.6) is 11.5 Å². The maximum Gasteiger partial charge on any atom is 0.573 e. The lowest BCUT2D eigenvalue weighted by molar-refractivity contribution is -0.274. The highest BCUT2D eigenvalue weighted by atomic mass is 19.4. The first-order chi connectivity index (χ1) is 17.0. The Kier molecular flexibility index (Phi) is 7.10. The zero-order chi connectivity index (χ0) is 25.9. The Morgan fingerprint density at radius 3 is 2.50 bits per heavy atom. The first-order valence-corrected chi connectivity index (χ1v) is 11.5. The first kappa shape index (κ1) is 25.3. The number of hydrogen-bond donors (Lipinski definition) is 1. The molecule has 1 atom stereocenters. The monoisotopic (exact) mass is 501 g/mol. The number of aromatic nitrogens is 1. The van der Waals surface area contributed by atoms with E-state index in [0.717, 1.165) is 24.0 Å². The molecule has 0 spiro atoms. The fourth-order valence-electron chi connectivity index (χ4n) is 4.49. The van der Waals surface area contributed by atoms with Crippen LogP contribution >= 0.6 is 0 Å². The van der Waals surface area contributed by atoms with Gasteiger partial charge in [-0.05, 0) is 59.2 Å². The summed E-state index contributed by atoms with van der Waals surface area (Å²) >= 11 is 0. The van der Waals surface area contributed by atoms with Crippen molar-refractivity contribution in [3.8, 4) is 11.5 Å². The smallest absolute Gasteiger partial charge is 0.489 e. The molecule has 1 aromatic heterocycles. The summed E-state index contributed by atoms with van der Waals surface area (Å²) in [5.74, 6) is -1.13. The van der Waals surface area contributed by atoms with Gasteiger partial charge in [0.05, 0.1) is 12.1 Å². The van der Waals surface area contributed by atoms with E-state index >= 15 is 0 Å². The predicted molar refractivity (Wildman–Crippen MR) is 125 cm³/mol. The molecule has 9 heteroatoms. The number of allylic oxidation sites excluding steroid dienone is 2. The van der Waals surface area contributed by atoms with Gasteiger partial charge in [0, 0.05) is 17.5 Å². The predicted octanol–water partition coefficient (Wildman–Crippen LogP) is 6.96. The minimum atomic E-state index is -4.79. The summed E-state index contributed by atoms with van der Waals surface area (Å²) in [6.07, 6.45) is 0.0561. The summed E-state index contributed by atoms with van der Waals surface area (Å²) in [7, 11) is 0. The molecule has 6 nitrogen and oxygen atoms in total. The third kappa shape index (κ3) is 6.08. The van der Waals surface area contributed by atoms with E-state index in [9.17, 15) is 23.1 Å². The number of carbonyl (C=O) groups is 1. The molecule has 0 saturated heterocycles. The maximum absolute atomic E-state index is 13.0. The van der Waals surface area contributed by atoms with Crippen LogP contribution in [-0.4, -0.2) is 22.6 Å². The Morgan fingerprint density at radius 2 is 1.92 bits per heavy atom. The molecular weight excluding hydrogens is 475 g/mol. The molecule has 1 unspecified atom stereocenters. The van der Waals surface area contributed by atoms with Gasteiger partial charge in [0.15, 0.2) is 0 Å². The van der Waals surface area contributed by atoms with Gasteiger partial charge in [-0.2, -0.15) is 0 Å². The topological polar surface area (TPSA) is 81.8 Å². The summed E-state index contributed by atoms with van der Waals surface area (Å²) < 4.78 is 54.1. The number of alkyl halides is 3. The summed E-state index contributed by atoms with van der Waals surface area (Å²) in [6.45, 7) is 4.14. The van der Waals surface area contributed by atoms with Gasteiger partial charge in [-0.1, -0.05) is 43.3 Å². The van der Waals surface area contributed by atoms with Crippen molar-refractivity contribution in [1.82, 2.24) is 5.16 Å². The average Bonchev–Trinajstić information content (AvgIpc) is 3.45. The molecule has 4 rings (SSSR count). The second kappa shape index (κ2) is 10.1. The van der Waals surface area contributed by atoms with E-state index in [0.29, 0.717) is 22.6 Å². The average molecular weight is 502 g/mol. The van der Waals surface area contributed by atoms with E-state index < -0.39 is 18.2 Å². The van der Waals surface area contributed by atoms with Gasteiger partial charge in [-0.3, -0.25) is 4.79 Å². The fourth-order valence-corrected chi connectivity index (χ4v) is 4.49. The standard InChI is InChI=1S/C27H26F3NO5/c1-26(2)12-3-4-22(26)21-14-17(5-10-24(21)36-27(28,29)30)16-34-19-8-6-18(7-9-19)20(15-25(32)33)23-11-13-35-31-23/h4-11,13-14,20H,3,12,15-16H2,1-2H3,(H,32,33). The molecule has 1 aliphatic rings. The highest BCUT2D eigenvalue weighted by Gasteiger charge is 2.35. The van der Waals surface area contributed by atoms with Crippen molar-refractivity contribution in [2.45, 2.75) is 52.0 Å². The fraction of sp³-hybridized carbons (Fsp3) is 0.333. The lowest BCUT2D eigenvalue weighted by Gasteiger charge is -2.25. The number of carboxylic acid groups (broad SMARTS) is 1. The summed E-state index contributed by atoms with van der Waals surface area (Å²) in [5.41, 5.74) is 2.92. The Morgan fingerprint density at radius 1 is 1.17 bits per heavy atom. The van der Waals surface area contributed by atoms with Crippen LogP contribution in [0.15, 0.2) is 65.4 Å². The maximum atomic E-state index is 13.0. The van der Waals surface area contributed by atoms with E-state index in [1.807, 2.05) is 19.9 Å². The van der Waals surface area contributed by atoms with Gasteiger partial charge in [0.25, 0.3) is 0 Å². The molecule has 190 valence electrons. The van der Waals surface area contributed by atoms with Crippen molar-refractivity contribution >= 4 is 11.5 Å². The van der Waals surface area contributed by atoms with Crippen molar-refractivity contribution in [3.05, 3.63) is 83.3 Å². The number of halogens is 3. The van der Waals surface area contributed by atoms with Crippen LogP contribution in [0.1, 0.15) is 61.4 Å². The Labute approximate surface area is 206 Å². The molecule has 0 saturated carbocycles. The van der Waals surface area contributed by atoms with Gasteiger partial charge in [0.1, 0.15) is 24.4 Å². The van der Waals surface area contributed by atoms with Crippen LogP contribution in [0.2, 0.25) is 0 Å². The van der Waals surface area contributed by atoms with Gasteiger partial charge in [0.2, 0.25) is 0 Å². The number of rotatable bonds is 9. The van der Waals surface area contributed by atoms with Crippen LogP contribution in [-0.2, 0) is 11.4 Å². The normalized spacial score (nSPS) is 15.9. The Balaban J connectivity index is 1.52. The van der Waals surface area contributed by atoms with Crippen LogP contribution < -0.4 is 9.47 Å². The van der Waals surface area contributed by atoms with E-state index in [1.165, 1.54) is 12.3 Å². The zero-order valence-corrected chi connectivity index (χ0v) is 19.8.